The highest BCUT2D eigenvalue weighted by atomic mass is 16.6. The van der Waals surface area contributed by atoms with E-state index >= 15 is 0 Å². The van der Waals surface area contributed by atoms with Crippen LogP contribution in [-0.2, 0) is 0 Å². The lowest BCUT2D eigenvalue weighted by molar-refractivity contribution is -0.384. The zero-order valence-corrected chi connectivity index (χ0v) is 13.0. The minimum atomic E-state index is -0.357. The van der Waals surface area contributed by atoms with Crippen LogP contribution in [0.4, 0.5) is 17.3 Å². The first-order valence-corrected chi connectivity index (χ1v) is 7.66. The minimum absolute atomic E-state index is 0.0891. The first-order chi connectivity index (χ1) is 10.0. The number of nitrogens with one attached hydrogen (secondary N) is 1. The molecular formula is C15H24N4O2. The maximum Gasteiger partial charge on any atom is 0.276 e. The fourth-order valence-corrected chi connectivity index (χ4v) is 3.10. The fourth-order valence-electron chi connectivity index (χ4n) is 3.10. The largest absolute Gasteiger partial charge is 0.370 e. The highest BCUT2D eigenvalue weighted by Gasteiger charge is 2.27. The van der Waals surface area contributed by atoms with Crippen molar-refractivity contribution in [3.63, 3.8) is 0 Å². The van der Waals surface area contributed by atoms with Crippen LogP contribution in [0.5, 0.6) is 0 Å². The molecule has 1 saturated carbocycles. The summed E-state index contributed by atoms with van der Waals surface area (Å²) in [4.78, 5) is 17.4. The van der Waals surface area contributed by atoms with Gasteiger partial charge in [-0.2, -0.15) is 0 Å². The number of rotatable bonds is 5. The smallest absolute Gasteiger partial charge is 0.276 e. The Labute approximate surface area is 125 Å². The predicted octanol–water partition coefficient (Wildman–Crippen LogP) is 3.44. The molecule has 1 fully saturated rings. The third-order valence-corrected chi connectivity index (χ3v) is 4.29. The van der Waals surface area contributed by atoms with Gasteiger partial charge >= 0.3 is 0 Å². The molecule has 1 aromatic heterocycles. The number of hydrogen-bond acceptors (Lipinski definition) is 5. The summed E-state index contributed by atoms with van der Waals surface area (Å²) >= 11 is 0. The summed E-state index contributed by atoms with van der Waals surface area (Å²) < 4.78 is 0. The van der Waals surface area contributed by atoms with E-state index in [9.17, 15) is 10.1 Å². The van der Waals surface area contributed by atoms with Crippen LogP contribution < -0.4 is 10.2 Å². The molecule has 0 spiro atoms. The number of nitro groups is 1. The Balaban J connectivity index is 2.30. The van der Waals surface area contributed by atoms with Crippen LogP contribution in [-0.4, -0.2) is 29.5 Å². The Bertz CT molecular complexity index is 506. The highest BCUT2D eigenvalue weighted by molar-refractivity contribution is 5.56. The van der Waals surface area contributed by atoms with E-state index in [-0.39, 0.29) is 10.6 Å². The molecule has 2 unspecified atom stereocenters. The normalized spacial score (nSPS) is 21.9. The van der Waals surface area contributed by atoms with Gasteiger partial charge < -0.3 is 10.2 Å². The summed E-state index contributed by atoms with van der Waals surface area (Å²) in [5, 5.41) is 14.2. The quantitative estimate of drug-likeness (QED) is 0.665. The van der Waals surface area contributed by atoms with Crippen molar-refractivity contribution in [1.82, 2.24) is 4.98 Å². The van der Waals surface area contributed by atoms with E-state index in [0.29, 0.717) is 30.1 Å². The van der Waals surface area contributed by atoms with Gasteiger partial charge in [-0.05, 0) is 25.7 Å². The standard InChI is InChI=1S/C15H24N4O2/c1-4-16-14-9-12(19(20)21)10-15(17-14)18(3)13-8-6-5-7-11(13)2/h9-11,13H,4-8H2,1-3H3,(H,16,17). The second-order valence-electron chi connectivity index (χ2n) is 5.80. The highest BCUT2D eigenvalue weighted by Crippen LogP contribution is 2.31. The van der Waals surface area contributed by atoms with Crippen LogP contribution in [0.25, 0.3) is 0 Å². The van der Waals surface area contributed by atoms with Crippen molar-refractivity contribution in [3.8, 4) is 0 Å². The molecule has 2 atom stereocenters. The third kappa shape index (κ3) is 3.62. The SMILES string of the molecule is CCNc1cc([N+](=O)[O-])cc(N(C)C2CCCCC2C)n1. The zero-order chi connectivity index (χ0) is 15.4. The van der Waals surface area contributed by atoms with Crippen LogP contribution in [0.2, 0.25) is 0 Å². The van der Waals surface area contributed by atoms with Gasteiger partial charge in [0.2, 0.25) is 0 Å². The summed E-state index contributed by atoms with van der Waals surface area (Å²) in [6.07, 6.45) is 4.83. The molecule has 0 saturated heterocycles. The number of aromatic nitrogens is 1. The molecule has 1 heterocycles. The van der Waals surface area contributed by atoms with E-state index in [1.54, 1.807) is 6.07 Å². The molecule has 0 aliphatic heterocycles. The Hall–Kier alpha value is -1.85. The maximum atomic E-state index is 11.1. The second kappa shape index (κ2) is 6.74. The fraction of sp³-hybridized carbons (Fsp3) is 0.667. The van der Waals surface area contributed by atoms with Gasteiger partial charge in [0.15, 0.2) is 0 Å². The van der Waals surface area contributed by atoms with Gasteiger partial charge in [0.1, 0.15) is 11.6 Å². The van der Waals surface area contributed by atoms with Gasteiger partial charge in [0.05, 0.1) is 17.1 Å². The molecule has 6 nitrogen and oxygen atoms in total. The van der Waals surface area contributed by atoms with E-state index in [1.165, 1.54) is 25.3 Å². The van der Waals surface area contributed by atoms with E-state index in [1.807, 2.05) is 14.0 Å². The van der Waals surface area contributed by atoms with Crippen LogP contribution in [0, 0.1) is 16.0 Å². The minimum Gasteiger partial charge on any atom is -0.370 e. The van der Waals surface area contributed by atoms with E-state index in [0.717, 1.165) is 6.42 Å². The number of hydrogen-bond donors (Lipinski definition) is 1. The van der Waals surface area contributed by atoms with Crippen molar-refractivity contribution < 1.29 is 4.92 Å². The van der Waals surface area contributed by atoms with E-state index in [2.05, 4.69) is 22.1 Å². The van der Waals surface area contributed by atoms with Crippen molar-refractivity contribution in [3.05, 3.63) is 22.2 Å². The lowest BCUT2D eigenvalue weighted by Gasteiger charge is -2.37. The average Bonchev–Trinajstić information content (AvgIpc) is 2.47. The van der Waals surface area contributed by atoms with Crippen molar-refractivity contribution in [2.75, 3.05) is 23.8 Å². The molecule has 0 bridgehead atoms. The van der Waals surface area contributed by atoms with E-state index < -0.39 is 0 Å². The lowest BCUT2D eigenvalue weighted by Crippen LogP contribution is -2.39. The summed E-state index contributed by atoms with van der Waals surface area (Å²) in [5.41, 5.74) is 0.0891. The Morgan fingerprint density at radius 1 is 1.43 bits per heavy atom. The van der Waals surface area contributed by atoms with Gasteiger partial charge in [-0.15, -0.1) is 0 Å². The van der Waals surface area contributed by atoms with Gasteiger partial charge in [-0.1, -0.05) is 19.8 Å². The maximum absolute atomic E-state index is 11.1. The first kappa shape index (κ1) is 15.5. The second-order valence-corrected chi connectivity index (χ2v) is 5.80. The molecule has 6 heteroatoms. The molecule has 1 N–H and O–H groups in total. The molecule has 0 aromatic carbocycles. The molecule has 21 heavy (non-hydrogen) atoms. The van der Waals surface area contributed by atoms with Crippen molar-refractivity contribution in [2.24, 2.45) is 5.92 Å². The van der Waals surface area contributed by atoms with Crippen LogP contribution in [0.3, 0.4) is 0 Å². The van der Waals surface area contributed by atoms with Gasteiger partial charge in [-0.3, -0.25) is 10.1 Å². The summed E-state index contributed by atoms with van der Waals surface area (Å²) in [7, 11) is 1.99. The molecule has 1 aliphatic rings. The molecule has 0 amide bonds. The molecule has 0 radical (unpaired) electrons. The summed E-state index contributed by atoms with van der Waals surface area (Å²) in [6.45, 7) is 4.90. The molecule has 2 rings (SSSR count). The van der Waals surface area contributed by atoms with Crippen LogP contribution >= 0.6 is 0 Å². The van der Waals surface area contributed by atoms with Gasteiger partial charge in [0.25, 0.3) is 5.69 Å². The first-order valence-electron chi connectivity index (χ1n) is 7.66. The Morgan fingerprint density at radius 3 is 2.76 bits per heavy atom. The predicted molar refractivity (Wildman–Crippen MR) is 84.9 cm³/mol. The summed E-state index contributed by atoms with van der Waals surface area (Å²) in [5.74, 6) is 1.84. The molecule has 116 valence electrons. The van der Waals surface area contributed by atoms with Crippen molar-refractivity contribution in [1.29, 1.82) is 0 Å². The average molecular weight is 292 g/mol. The monoisotopic (exact) mass is 292 g/mol. The van der Waals surface area contributed by atoms with Crippen LogP contribution in [0.1, 0.15) is 39.5 Å². The van der Waals surface area contributed by atoms with Crippen LogP contribution in [0.15, 0.2) is 12.1 Å². The van der Waals surface area contributed by atoms with Crippen molar-refractivity contribution in [2.45, 2.75) is 45.6 Å². The molecular weight excluding hydrogens is 268 g/mol. The summed E-state index contributed by atoms with van der Waals surface area (Å²) in [6, 6.07) is 3.47. The number of pyridine rings is 1. The zero-order valence-electron chi connectivity index (χ0n) is 13.0. The molecule has 1 aromatic rings. The van der Waals surface area contributed by atoms with Crippen molar-refractivity contribution >= 4 is 17.3 Å². The van der Waals surface area contributed by atoms with E-state index in [4.69, 9.17) is 0 Å². The number of anilines is 2. The Kier molecular flexibility index (Phi) is 4.98. The van der Waals surface area contributed by atoms with Gasteiger partial charge in [-0.25, -0.2) is 4.98 Å². The third-order valence-electron chi connectivity index (χ3n) is 4.29. The van der Waals surface area contributed by atoms with Gasteiger partial charge in [0, 0.05) is 19.6 Å². The molecule has 1 aliphatic carbocycles. The Morgan fingerprint density at radius 2 is 2.14 bits per heavy atom. The number of nitrogens with zero attached hydrogens (tertiary/aromatic N) is 3. The lowest BCUT2D eigenvalue weighted by atomic mass is 9.85. The topological polar surface area (TPSA) is 71.3 Å².